The minimum absolute atomic E-state index is 0.224. The number of hydrogen-bond donors (Lipinski definition) is 0. The van der Waals surface area contributed by atoms with Gasteiger partial charge in [-0.3, -0.25) is 4.68 Å². The molecule has 3 heteroatoms. The molecule has 0 saturated heterocycles. The summed E-state index contributed by atoms with van der Waals surface area (Å²) in [6, 6.07) is 10.1. The summed E-state index contributed by atoms with van der Waals surface area (Å²) in [5, 5.41) is 8.33. The molecule has 0 aliphatic rings. The molecule has 0 bridgehead atoms. The minimum Gasteiger partial charge on any atom is -0.251 e. The molecule has 0 spiro atoms. The molecule has 0 atom stereocenters. The zero-order valence-electron chi connectivity index (χ0n) is 10.0. The normalized spacial score (nSPS) is 11.7. The van der Waals surface area contributed by atoms with Crippen molar-refractivity contribution < 1.29 is 0 Å². The topological polar surface area (TPSA) is 30.7 Å². The van der Waals surface area contributed by atoms with E-state index in [9.17, 15) is 0 Å². The Morgan fingerprint density at radius 1 is 1.12 bits per heavy atom. The van der Waals surface area contributed by atoms with Crippen molar-refractivity contribution in [1.29, 1.82) is 0 Å². The molecule has 16 heavy (non-hydrogen) atoms. The van der Waals surface area contributed by atoms with Crippen molar-refractivity contribution in [3.8, 4) is 11.3 Å². The second-order valence-electron chi connectivity index (χ2n) is 5.23. The van der Waals surface area contributed by atoms with Crippen molar-refractivity contribution >= 4 is 0 Å². The Kier molecular flexibility index (Phi) is 2.77. The van der Waals surface area contributed by atoms with E-state index in [0.717, 1.165) is 17.8 Å². The number of hydrogen-bond acceptors (Lipinski definition) is 2. The molecule has 3 nitrogen and oxygen atoms in total. The Morgan fingerprint density at radius 2 is 1.81 bits per heavy atom. The summed E-state index contributed by atoms with van der Waals surface area (Å²) in [5.74, 6) is 0. The average Bonchev–Trinajstić information content (AvgIpc) is 2.65. The van der Waals surface area contributed by atoms with E-state index in [0.29, 0.717) is 0 Å². The van der Waals surface area contributed by atoms with Crippen molar-refractivity contribution in [2.75, 3.05) is 0 Å². The highest BCUT2D eigenvalue weighted by Crippen LogP contribution is 2.18. The lowest BCUT2D eigenvalue weighted by Gasteiger charge is -2.16. The van der Waals surface area contributed by atoms with Crippen molar-refractivity contribution in [3.63, 3.8) is 0 Å². The van der Waals surface area contributed by atoms with Gasteiger partial charge in [-0.1, -0.05) is 56.3 Å². The van der Waals surface area contributed by atoms with E-state index in [1.807, 2.05) is 41.2 Å². The van der Waals surface area contributed by atoms with Gasteiger partial charge in [0.2, 0.25) is 0 Å². The maximum absolute atomic E-state index is 4.18. The summed E-state index contributed by atoms with van der Waals surface area (Å²) < 4.78 is 1.91. The highest BCUT2D eigenvalue weighted by Gasteiger charge is 2.12. The smallest absolute Gasteiger partial charge is 0.113 e. The molecule has 0 radical (unpaired) electrons. The minimum atomic E-state index is 0.224. The summed E-state index contributed by atoms with van der Waals surface area (Å²) in [4.78, 5) is 0. The molecular weight excluding hydrogens is 198 g/mol. The summed E-state index contributed by atoms with van der Waals surface area (Å²) in [7, 11) is 0. The molecule has 84 valence electrons. The summed E-state index contributed by atoms with van der Waals surface area (Å²) in [6.45, 7) is 7.46. The molecule has 1 heterocycles. The fourth-order valence-electron chi connectivity index (χ4n) is 1.60. The first-order valence-corrected chi connectivity index (χ1v) is 5.50. The Labute approximate surface area is 96.1 Å². The van der Waals surface area contributed by atoms with Crippen molar-refractivity contribution in [2.24, 2.45) is 5.41 Å². The zero-order chi connectivity index (χ0) is 11.6. The van der Waals surface area contributed by atoms with Crippen LogP contribution in [0.2, 0.25) is 0 Å². The zero-order valence-corrected chi connectivity index (χ0v) is 10.0. The molecule has 0 aliphatic heterocycles. The van der Waals surface area contributed by atoms with Crippen LogP contribution in [0, 0.1) is 5.41 Å². The van der Waals surface area contributed by atoms with Gasteiger partial charge in [-0.15, -0.1) is 5.10 Å². The Morgan fingerprint density at radius 3 is 2.44 bits per heavy atom. The van der Waals surface area contributed by atoms with Crippen LogP contribution in [-0.4, -0.2) is 15.0 Å². The van der Waals surface area contributed by atoms with Gasteiger partial charge in [-0.05, 0) is 5.41 Å². The molecule has 0 aliphatic carbocycles. The second-order valence-corrected chi connectivity index (χ2v) is 5.23. The van der Waals surface area contributed by atoms with Crippen LogP contribution in [0.1, 0.15) is 20.8 Å². The van der Waals surface area contributed by atoms with E-state index < -0.39 is 0 Å². The van der Waals surface area contributed by atoms with E-state index in [-0.39, 0.29) is 5.41 Å². The van der Waals surface area contributed by atoms with Gasteiger partial charge in [-0.25, -0.2) is 0 Å². The Bertz CT molecular complexity index is 452. The van der Waals surface area contributed by atoms with Gasteiger partial charge >= 0.3 is 0 Å². The third-order valence-electron chi connectivity index (χ3n) is 2.24. The third kappa shape index (κ3) is 2.69. The predicted octanol–water partition coefficient (Wildman–Crippen LogP) is 2.99. The van der Waals surface area contributed by atoms with Crippen LogP contribution in [-0.2, 0) is 6.54 Å². The molecule has 0 amide bonds. The van der Waals surface area contributed by atoms with Crippen LogP contribution in [0.3, 0.4) is 0 Å². The summed E-state index contributed by atoms with van der Waals surface area (Å²) >= 11 is 0. The molecule has 1 aromatic heterocycles. The van der Waals surface area contributed by atoms with Gasteiger partial charge in [0.15, 0.2) is 0 Å². The quantitative estimate of drug-likeness (QED) is 0.771. The van der Waals surface area contributed by atoms with Gasteiger partial charge in [-0.2, -0.15) is 0 Å². The van der Waals surface area contributed by atoms with Crippen molar-refractivity contribution in [3.05, 3.63) is 36.5 Å². The number of aromatic nitrogens is 3. The van der Waals surface area contributed by atoms with E-state index in [1.165, 1.54) is 0 Å². The molecule has 2 rings (SSSR count). The largest absolute Gasteiger partial charge is 0.251 e. The van der Waals surface area contributed by atoms with Crippen LogP contribution < -0.4 is 0 Å². The lowest BCUT2D eigenvalue weighted by Crippen LogP contribution is -2.15. The van der Waals surface area contributed by atoms with E-state index in [2.05, 4.69) is 31.1 Å². The first-order valence-electron chi connectivity index (χ1n) is 5.50. The standard InChI is InChI=1S/C13H17N3/c1-13(2,3)10-16-9-12(14-15-16)11-7-5-4-6-8-11/h4-9H,10H2,1-3H3. The maximum Gasteiger partial charge on any atom is 0.113 e. The third-order valence-corrected chi connectivity index (χ3v) is 2.24. The van der Waals surface area contributed by atoms with Crippen LogP contribution in [0.25, 0.3) is 11.3 Å². The molecule has 0 fully saturated rings. The van der Waals surface area contributed by atoms with Gasteiger partial charge in [0, 0.05) is 12.1 Å². The summed E-state index contributed by atoms with van der Waals surface area (Å²) in [5.41, 5.74) is 2.27. The van der Waals surface area contributed by atoms with Gasteiger partial charge in [0.05, 0.1) is 6.20 Å². The second kappa shape index (κ2) is 4.08. The first-order chi connectivity index (χ1) is 7.54. The van der Waals surface area contributed by atoms with Crippen LogP contribution in [0.15, 0.2) is 36.5 Å². The molecule has 1 aromatic carbocycles. The van der Waals surface area contributed by atoms with Crippen LogP contribution in [0.5, 0.6) is 0 Å². The van der Waals surface area contributed by atoms with Crippen molar-refractivity contribution in [1.82, 2.24) is 15.0 Å². The highest BCUT2D eigenvalue weighted by atomic mass is 15.4. The number of benzene rings is 1. The van der Waals surface area contributed by atoms with Gasteiger partial charge in [0.25, 0.3) is 0 Å². The fraction of sp³-hybridized carbons (Fsp3) is 0.385. The predicted molar refractivity (Wildman–Crippen MR) is 64.9 cm³/mol. The number of nitrogens with zero attached hydrogens (tertiary/aromatic N) is 3. The summed E-state index contributed by atoms with van der Waals surface area (Å²) in [6.07, 6.45) is 2.00. The fourth-order valence-corrected chi connectivity index (χ4v) is 1.60. The molecule has 2 aromatic rings. The molecular formula is C13H17N3. The van der Waals surface area contributed by atoms with Crippen LogP contribution in [0.4, 0.5) is 0 Å². The van der Waals surface area contributed by atoms with E-state index in [4.69, 9.17) is 0 Å². The SMILES string of the molecule is CC(C)(C)Cn1cc(-c2ccccc2)nn1. The highest BCUT2D eigenvalue weighted by molar-refractivity contribution is 5.57. The van der Waals surface area contributed by atoms with Gasteiger partial charge < -0.3 is 0 Å². The van der Waals surface area contributed by atoms with Crippen molar-refractivity contribution in [2.45, 2.75) is 27.3 Å². The monoisotopic (exact) mass is 215 g/mol. The Balaban J connectivity index is 2.21. The molecule has 0 saturated carbocycles. The lowest BCUT2D eigenvalue weighted by molar-refractivity contribution is 0.321. The van der Waals surface area contributed by atoms with Gasteiger partial charge in [0.1, 0.15) is 5.69 Å². The van der Waals surface area contributed by atoms with E-state index >= 15 is 0 Å². The number of rotatable bonds is 2. The Hall–Kier alpha value is -1.64. The lowest BCUT2D eigenvalue weighted by atomic mass is 9.97. The first kappa shape index (κ1) is 10.9. The van der Waals surface area contributed by atoms with E-state index in [1.54, 1.807) is 0 Å². The average molecular weight is 215 g/mol. The van der Waals surface area contributed by atoms with Crippen LogP contribution >= 0.6 is 0 Å². The molecule has 0 unspecified atom stereocenters. The molecule has 0 N–H and O–H groups in total. The maximum atomic E-state index is 4.18.